The van der Waals surface area contributed by atoms with E-state index >= 15 is 0 Å². The quantitative estimate of drug-likeness (QED) is 0.554. The predicted molar refractivity (Wildman–Crippen MR) is 62.8 cm³/mol. The van der Waals surface area contributed by atoms with E-state index in [2.05, 4.69) is 5.32 Å². The first kappa shape index (κ1) is 14.4. The predicted octanol–water partition coefficient (Wildman–Crippen LogP) is -1.17. The summed E-state index contributed by atoms with van der Waals surface area (Å²) in [7, 11) is 3.26. The molecule has 0 radical (unpaired) electrons. The number of ether oxygens (including phenoxy) is 2. The molecule has 6 heteroatoms. The van der Waals surface area contributed by atoms with E-state index in [0.29, 0.717) is 32.7 Å². The summed E-state index contributed by atoms with van der Waals surface area (Å²) in [5.41, 5.74) is -0.795. The lowest BCUT2D eigenvalue weighted by Crippen LogP contribution is -2.46. The van der Waals surface area contributed by atoms with Gasteiger partial charge < -0.3 is 24.8 Å². The second-order valence-electron chi connectivity index (χ2n) is 4.45. The Hall–Kier alpha value is -0.690. The van der Waals surface area contributed by atoms with Gasteiger partial charge in [0.15, 0.2) is 0 Å². The van der Waals surface area contributed by atoms with Gasteiger partial charge in [0.05, 0.1) is 25.4 Å². The fourth-order valence-electron chi connectivity index (χ4n) is 1.81. The highest BCUT2D eigenvalue weighted by Crippen LogP contribution is 2.15. The zero-order chi connectivity index (χ0) is 12.7. The lowest BCUT2D eigenvalue weighted by molar-refractivity contribution is -0.138. The number of hydrogen-bond donors (Lipinski definition) is 2. The maximum Gasteiger partial charge on any atom is 0.248 e. The number of hydrogen-bond acceptors (Lipinski definition) is 5. The fraction of sp³-hybridized carbons (Fsp3) is 0.909. The van der Waals surface area contributed by atoms with E-state index in [9.17, 15) is 9.90 Å². The van der Waals surface area contributed by atoms with Crippen LogP contribution >= 0.6 is 0 Å². The molecule has 1 unspecified atom stereocenters. The van der Waals surface area contributed by atoms with Gasteiger partial charge in [-0.15, -0.1) is 0 Å². The van der Waals surface area contributed by atoms with E-state index in [0.717, 1.165) is 6.54 Å². The minimum Gasteiger partial charge on any atom is -0.387 e. The van der Waals surface area contributed by atoms with E-state index < -0.39 is 5.60 Å². The number of β-amino-alcohol motifs (C(OH)–C–C–N with tert-alkyl or cyclic N) is 1. The Morgan fingerprint density at radius 1 is 1.53 bits per heavy atom. The first-order chi connectivity index (χ1) is 8.07. The van der Waals surface area contributed by atoms with Crippen molar-refractivity contribution in [2.45, 2.75) is 12.0 Å². The van der Waals surface area contributed by atoms with Gasteiger partial charge in [-0.1, -0.05) is 0 Å². The average Bonchev–Trinajstić information content (AvgIpc) is 2.70. The van der Waals surface area contributed by atoms with Crippen molar-refractivity contribution in [2.75, 3.05) is 53.6 Å². The van der Waals surface area contributed by atoms with E-state index in [-0.39, 0.29) is 12.5 Å². The fourth-order valence-corrected chi connectivity index (χ4v) is 1.81. The summed E-state index contributed by atoms with van der Waals surface area (Å²) in [5, 5.41) is 13.2. The molecule has 1 aliphatic rings. The van der Waals surface area contributed by atoms with E-state index in [1.54, 1.807) is 14.2 Å². The first-order valence-electron chi connectivity index (χ1n) is 5.81. The minimum atomic E-state index is -0.795. The Kier molecular flexibility index (Phi) is 5.84. The molecule has 0 aromatic rings. The Morgan fingerprint density at radius 2 is 2.29 bits per heavy atom. The number of likely N-dealkylation sites (N-methyl/N-ethyl adjacent to an activating group) is 1. The molecular formula is C11H22N2O4. The maximum atomic E-state index is 11.7. The van der Waals surface area contributed by atoms with Gasteiger partial charge in [-0.05, 0) is 13.0 Å². The smallest absolute Gasteiger partial charge is 0.248 e. The second-order valence-corrected chi connectivity index (χ2v) is 4.45. The van der Waals surface area contributed by atoms with Crippen LogP contribution in [0.25, 0.3) is 0 Å². The summed E-state index contributed by atoms with van der Waals surface area (Å²) in [6, 6.07) is 0. The lowest BCUT2D eigenvalue weighted by atomic mass is 10.0. The van der Waals surface area contributed by atoms with Crippen molar-refractivity contribution in [3.05, 3.63) is 0 Å². The molecule has 17 heavy (non-hydrogen) atoms. The topological polar surface area (TPSA) is 71.0 Å². The Morgan fingerprint density at radius 3 is 2.88 bits per heavy atom. The minimum absolute atomic E-state index is 0.0311. The maximum absolute atomic E-state index is 11.7. The number of nitrogens with zero attached hydrogens (tertiary/aromatic N) is 1. The monoisotopic (exact) mass is 246 g/mol. The van der Waals surface area contributed by atoms with Crippen LogP contribution in [0, 0.1) is 0 Å². The van der Waals surface area contributed by atoms with Gasteiger partial charge in [0.1, 0.15) is 6.61 Å². The average molecular weight is 246 g/mol. The van der Waals surface area contributed by atoms with Gasteiger partial charge >= 0.3 is 0 Å². The molecule has 0 bridgehead atoms. The normalized spacial score (nSPS) is 23.9. The molecule has 0 aliphatic carbocycles. The molecule has 0 aromatic heterocycles. The molecule has 0 aromatic carbocycles. The van der Waals surface area contributed by atoms with E-state index in [1.165, 1.54) is 4.90 Å². The SMILES string of the molecule is COCCOCC(=O)N(C)CC1(O)CCNC1. The molecule has 1 heterocycles. The van der Waals surface area contributed by atoms with Crippen LogP contribution < -0.4 is 5.32 Å². The number of methoxy groups -OCH3 is 1. The van der Waals surface area contributed by atoms with Gasteiger partial charge in [-0.25, -0.2) is 0 Å². The summed E-state index contributed by atoms with van der Waals surface area (Å²) in [6.45, 7) is 2.58. The molecule has 1 aliphatic heterocycles. The van der Waals surface area contributed by atoms with Gasteiger partial charge in [0.25, 0.3) is 0 Å². The van der Waals surface area contributed by atoms with Crippen molar-refractivity contribution in [1.29, 1.82) is 0 Å². The Balaban J connectivity index is 2.22. The number of rotatable bonds is 7. The van der Waals surface area contributed by atoms with Gasteiger partial charge in [0.2, 0.25) is 5.91 Å². The van der Waals surface area contributed by atoms with Gasteiger partial charge in [-0.2, -0.15) is 0 Å². The molecular weight excluding hydrogens is 224 g/mol. The zero-order valence-corrected chi connectivity index (χ0v) is 10.6. The molecule has 1 rings (SSSR count). The number of carbonyl (C=O) groups excluding carboxylic acids is 1. The van der Waals surface area contributed by atoms with Crippen molar-refractivity contribution in [2.24, 2.45) is 0 Å². The molecule has 100 valence electrons. The van der Waals surface area contributed by atoms with Crippen LogP contribution in [0.5, 0.6) is 0 Å². The molecule has 1 saturated heterocycles. The number of nitrogens with one attached hydrogen (secondary N) is 1. The van der Waals surface area contributed by atoms with Crippen molar-refractivity contribution in [1.82, 2.24) is 10.2 Å². The van der Waals surface area contributed by atoms with Gasteiger partial charge in [-0.3, -0.25) is 4.79 Å². The molecule has 1 fully saturated rings. The van der Waals surface area contributed by atoms with Gasteiger partial charge in [0, 0.05) is 20.7 Å². The van der Waals surface area contributed by atoms with Crippen LogP contribution in [0.3, 0.4) is 0 Å². The standard InChI is InChI=1S/C11H22N2O4/c1-13(9-11(15)3-4-12-8-11)10(14)7-17-6-5-16-2/h12,15H,3-9H2,1-2H3. The molecule has 0 saturated carbocycles. The van der Waals surface area contributed by atoms with Crippen molar-refractivity contribution < 1.29 is 19.4 Å². The number of aliphatic hydroxyl groups is 1. The molecule has 1 amide bonds. The summed E-state index contributed by atoms with van der Waals surface area (Å²) in [6.07, 6.45) is 0.676. The van der Waals surface area contributed by atoms with Crippen LogP contribution in [-0.2, 0) is 14.3 Å². The highest BCUT2D eigenvalue weighted by molar-refractivity contribution is 5.77. The van der Waals surface area contributed by atoms with Crippen molar-refractivity contribution in [3.63, 3.8) is 0 Å². The third-order valence-electron chi connectivity index (χ3n) is 2.84. The molecule has 2 N–H and O–H groups in total. The third-order valence-corrected chi connectivity index (χ3v) is 2.84. The third kappa shape index (κ3) is 4.99. The summed E-state index contributed by atoms with van der Waals surface area (Å²) in [5.74, 6) is -0.124. The number of amides is 1. The van der Waals surface area contributed by atoms with Crippen molar-refractivity contribution >= 4 is 5.91 Å². The van der Waals surface area contributed by atoms with Crippen molar-refractivity contribution in [3.8, 4) is 0 Å². The first-order valence-corrected chi connectivity index (χ1v) is 5.81. The van der Waals surface area contributed by atoms with Crippen LogP contribution in [0.1, 0.15) is 6.42 Å². The largest absolute Gasteiger partial charge is 0.387 e. The lowest BCUT2D eigenvalue weighted by Gasteiger charge is -2.27. The second kappa shape index (κ2) is 6.90. The highest BCUT2D eigenvalue weighted by atomic mass is 16.5. The van der Waals surface area contributed by atoms with Crippen LogP contribution in [-0.4, -0.2) is 75.1 Å². The summed E-state index contributed by atoms with van der Waals surface area (Å²) >= 11 is 0. The van der Waals surface area contributed by atoms with E-state index in [4.69, 9.17) is 9.47 Å². The zero-order valence-electron chi connectivity index (χ0n) is 10.6. The molecule has 0 spiro atoms. The Labute approximate surface area is 102 Å². The molecule has 6 nitrogen and oxygen atoms in total. The summed E-state index contributed by atoms with van der Waals surface area (Å²) in [4.78, 5) is 13.2. The summed E-state index contributed by atoms with van der Waals surface area (Å²) < 4.78 is 9.95. The van der Waals surface area contributed by atoms with Crippen LogP contribution in [0.15, 0.2) is 0 Å². The molecule has 1 atom stereocenters. The Bertz CT molecular complexity index is 242. The number of carbonyl (C=O) groups is 1. The van der Waals surface area contributed by atoms with Crippen LogP contribution in [0.4, 0.5) is 0 Å². The van der Waals surface area contributed by atoms with E-state index in [1.807, 2.05) is 0 Å². The highest BCUT2D eigenvalue weighted by Gasteiger charge is 2.33. The van der Waals surface area contributed by atoms with Crippen LogP contribution in [0.2, 0.25) is 0 Å².